The summed E-state index contributed by atoms with van der Waals surface area (Å²) in [5.74, 6) is -0.610. The number of hydrogen-bond acceptors (Lipinski definition) is 3. The van der Waals surface area contributed by atoms with Crippen LogP contribution < -0.4 is 4.90 Å². The first-order valence-corrected chi connectivity index (χ1v) is 5.31. The van der Waals surface area contributed by atoms with E-state index in [1.165, 1.54) is 12.1 Å². The van der Waals surface area contributed by atoms with Gasteiger partial charge in [0.1, 0.15) is 5.75 Å². The van der Waals surface area contributed by atoms with Crippen molar-refractivity contribution in [3.05, 3.63) is 23.2 Å². The van der Waals surface area contributed by atoms with Gasteiger partial charge in [-0.25, -0.2) is 0 Å². The summed E-state index contributed by atoms with van der Waals surface area (Å²) in [6, 6.07) is 4.33. The molecule has 16 heavy (non-hydrogen) atoms. The van der Waals surface area contributed by atoms with Crippen LogP contribution in [0.4, 0.5) is 5.69 Å². The molecular weight excluding hydrogens is 230 g/mol. The van der Waals surface area contributed by atoms with E-state index in [1.807, 2.05) is 0 Å². The predicted molar refractivity (Wildman–Crippen MR) is 59.5 cm³/mol. The Bertz CT molecular complexity index is 443. The van der Waals surface area contributed by atoms with Crippen LogP contribution >= 0.6 is 11.6 Å². The first-order chi connectivity index (χ1) is 7.59. The van der Waals surface area contributed by atoms with Crippen molar-refractivity contribution in [1.82, 2.24) is 0 Å². The molecule has 0 aliphatic carbocycles. The Hall–Kier alpha value is -1.55. The SMILES string of the molecule is O=C1CCCC(=O)N1c1ccc(Cl)c(O)c1. The number of rotatable bonds is 1. The minimum atomic E-state index is -0.238. The maximum absolute atomic E-state index is 11.6. The number of amides is 2. The van der Waals surface area contributed by atoms with E-state index in [4.69, 9.17) is 11.6 Å². The van der Waals surface area contributed by atoms with E-state index in [0.29, 0.717) is 24.9 Å². The van der Waals surface area contributed by atoms with E-state index in [1.54, 1.807) is 6.07 Å². The van der Waals surface area contributed by atoms with Gasteiger partial charge in [-0.3, -0.25) is 14.5 Å². The number of anilines is 1. The molecule has 1 heterocycles. The van der Waals surface area contributed by atoms with Gasteiger partial charge >= 0.3 is 0 Å². The molecule has 0 spiro atoms. The molecule has 0 saturated carbocycles. The summed E-state index contributed by atoms with van der Waals surface area (Å²) < 4.78 is 0. The van der Waals surface area contributed by atoms with Crippen LogP contribution in [0.25, 0.3) is 0 Å². The lowest BCUT2D eigenvalue weighted by Gasteiger charge is -2.24. The molecule has 1 fully saturated rings. The number of aromatic hydroxyl groups is 1. The topological polar surface area (TPSA) is 57.6 Å². The fourth-order valence-corrected chi connectivity index (χ4v) is 1.80. The highest BCUT2D eigenvalue weighted by Crippen LogP contribution is 2.30. The number of phenolic OH excluding ortho intramolecular Hbond substituents is 1. The first kappa shape index (κ1) is 11.0. The zero-order chi connectivity index (χ0) is 11.7. The summed E-state index contributed by atoms with van der Waals surface area (Å²) in [6.45, 7) is 0. The Morgan fingerprint density at radius 3 is 2.38 bits per heavy atom. The summed E-state index contributed by atoms with van der Waals surface area (Å²) >= 11 is 5.65. The lowest BCUT2D eigenvalue weighted by Crippen LogP contribution is -2.40. The second-order valence-corrected chi connectivity index (χ2v) is 4.02. The van der Waals surface area contributed by atoms with Gasteiger partial charge in [0.15, 0.2) is 0 Å². The van der Waals surface area contributed by atoms with Crippen molar-refractivity contribution in [2.75, 3.05) is 4.90 Å². The van der Waals surface area contributed by atoms with Crippen molar-refractivity contribution in [3.8, 4) is 5.75 Å². The van der Waals surface area contributed by atoms with Crippen LogP contribution in [0.5, 0.6) is 5.75 Å². The number of halogens is 1. The van der Waals surface area contributed by atoms with Crippen LogP contribution in [0.3, 0.4) is 0 Å². The molecule has 1 saturated heterocycles. The minimum Gasteiger partial charge on any atom is -0.506 e. The molecule has 1 N–H and O–H groups in total. The Kier molecular flexibility index (Phi) is 2.83. The molecule has 0 unspecified atom stereocenters. The Morgan fingerprint density at radius 2 is 1.81 bits per heavy atom. The van der Waals surface area contributed by atoms with Crippen LogP contribution in [0.2, 0.25) is 5.02 Å². The monoisotopic (exact) mass is 239 g/mol. The highest BCUT2D eigenvalue weighted by molar-refractivity contribution is 6.32. The van der Waals surface area contributed by atoms with E-state index >= 15 is 0 Å². The van der Waals surface area contributed by atoms with Crippen molar-refractivity contribution in [1.29, 1.82) is 0 Å². The molecule has 5 heteroatoms. The Morgan fingerprint density at radius 1 is 1.19 bits per heavy atom. The number of carbonyl (C=O) groups is 2. The standard InChI is InChI=1S/C11H10ClNO3/c12-8-5-4-7(6-9(8)14)13-10(15)2-1-3-11(13)16/h4-6,14H,1-3H2. The van der Waals surface area contributed by atoms with Gasteiger partial charge in [0.25, 0.3) is 0 Å². The molecular formula is C11H10ClNO3. The fraction of sp³-hybridized carbons (Fsp3) is 0.273. The highest BCUT2D eigenvalue weighted by Gasteiger charge is 2.27. The van der Waals surface area contributed by atoms with Gasteiger partial charge in [0, 0.05) is 18.9 Å². The average Bonchev–Trinajstić information content (AvgIpc) is 2.23. The van der Waals surface area contributed by atoms with Crippen LogP contribution in [0.1, 0.15) is 19.3 Å². The zero-order valence-corrected chi connectivity index (χ0v) is 9.20. The average molecular weight is 240 g/mol. The molecule has 0 bridgehead atoms. The van der Waals surface area contributed by atoms with Crippen LogP contribution in [-0.2, 0) is 9.59 Å². The van der Waals surface area contributed by atoms with Crippen molar-refractivity contribution < 1.29 is 14.7 Å². The molecule has 1 aromatic carbocycles. The third-order valence-electron chi connectivity index (χ3n) is 2.47. The highest BCUT2D eigenvalue weighted by atomic mass is 35.5. The van der Waals surface area contributed by atoms with Gasteiger partial charge in [-0.05, 0) is 18.6 Å². The number of carbonyl (C=O) groups excluding carboxylic acids is 2. The van der Waals surface area contributed by atoms with Gasteiger partial charge in [0.2, 0.25) is 11.8 Å². The van der Waals surface area contributed by atoms with E-state index in [0.717, 1.165) is 4.90 Å². The fourth-order valence-electron chi connectivity index (χ4n) is 1.68. The number of phenols is 1. The van der Waals surface area contributed by atoms with Crippen LogP contribution in [0.15, 0.2) is 18.2 Å². The van der Waals surface area contributed by atoms with Gasteiger partial charge in [0.05, 0.1) is 10.7 Å². The van der Waals surface area contributed by atoms with Gasteiger partial charge in [-0.2, -0.15) is 0 Å². The smallest absolute Gasteiger partial charge is 0.233 e. The molecule has 2 rings (SSSR count). The number of hydrogen-bond donors (Lipinski definition) is 1. The minimum absolute atomic E-state index is 0.134. The number of nitrogens with zero attached hydrogens (tertiary/aromatic N) is 1. The lowest BCUT2D eigenvalue weighted by molar-refractivity contribution is -0.129. The Balaban J connectivity index is 2.38. The van der Waals surface area contributed by atoms with E-state index in [9.17, 15) is 14.7 Å². The normalized spacial score (nSPS) is 16.7. The van der Waals surface area contributed by atoms with Gasteiger partial charge in [-0.15, -0.1) is 0 Å². The molecule has 1 aromatic rings. The summed E-state index contributed by atoms with van der Waals surface area (Å²) in [7, 11) is 0. The molecule has 84 valence electrons. The predicted octanol–water partition coefficient (Wildman–Crippen LogP) is 2.09. The van der Waals surface area contributed by atoms with Crippen molar-refractivity contribution >= 4 is 29.1 Å². The molecule has 0 atom stereocenters. The van der Waals surface area contributed by atoms with Crippen LogP contribution in [0, 0.1) is 0 Å². The zero-order valence-electron chi connectivity index (χ0n) is 8.44. The third kappa shape index (κ3) is 1.88. The van der Waals surface area contributed by atoms with E-state index in [-0.39, 0.29) is 22.6 Å². The third-order valence-corrected chi connectivity index (χ3v) is 2.79. The van der Waals surface area contributed by atoms with Gasteiger partial charge < -0.3 is 5.11 Å². The Labute approximate surface area is 97.4 Å². The van der Waals surface area contributed by atoms with Crippen molar-refractivity contribution in [2.24, 2.45) is 0 Å². The molecule has 1 aliphatic rings. The van der Waals surface area contributed by atoms with Crippen molar-refractivity contribution in [3.63, 3.8) is 0 Å². The van der Waals surface area contributed by atoms with Gasteiger partial charge in [-0.1, -0.05) is 11.6 Å². The van der Waals surface area contributed by atoms with E-state index < -0.39 is 0 Å². The summed E-state index contributed by atoms with van der Waals surface area (Å²) in [5, 5.41) is 9.62. The number of piperidine rings is 1. The van der Waals surface area contributed by atoms with Crippen LogP contribution in [-0.4, -0.2) is 16.9 Å². The molecule has 0 radical (unpaired) electrons. The summed E-state index contributed by atoms with van der Waals surface area (Å²) in [5.41, 5.74) is 0.372. The van der Waals surface area contributed by atoms with E-state index in [2.05, 4.69) is 0 Å². The largest absolute Gasteiger partial charge is 0.506 e. The second kappa shape index (κ2) is 4.14. The molecule has 0 aromatic heterocycles. The quantitative estimate of drug-likeness (QED) is 0.764. The lowest BCUT2D eigenvalue weighted by atomic mass is 10.1. The maximum Gasteiger partial charge on any atom is 0.233 e. The molecule has 4 nitrogen and oxygen atoms in total. The maximum atomic E-state index is 11.6. The molecule has 2 amide bonds. The molecule has 1 aliphatic heterocycles. The first-order valence-electron chi connectivity index (χ1n) is 4.94. The second-order valence-electron chi connectivity index (χ2n) is 3.61. The summed E-state index contributed by atoms with van der Waals surface area (Å²) in [6.07, 6.45) is 1.30. The van der Waals surface area contributed by atoms with Crippen molar-refractivity contribution in [2.45, 2.75) is 19.3 Å². The number of benzene rings is 1. The summed E-state index contributed by atoms with van der Waals surface area (Å²) in [4.78, 5) is 24.3. The number of imide groups is 1.